The van der Waals surface area contributed by atoms with Gasteiger partial charge < -0.3 is 5.11 Å². The van der Waals surface area contributed by atoms with Crippen molar-refractivity contribution in [2.45, 2.75) is 12.5 Å². The predicted molar refractivity (Wildman–Crippen MR) is 71.5 cm³/mol. The molecule has 1 nitrogen and oxygen atoms in total. The summed E-state index contributed by atoms with van der Waals surface area (Å²) in [6, 6.07) is 8.25. The Morgan fingerprint density at radius 3 is 2.21 bits per heavy atom. The maximum absolute atomic E-state index is 13.5. The SMILES string of the molecule is OC(Cc1ccc(Cl)c(Cl)c1)c1c(F)cccc1F. The molecule has 0 heterocycles. The van der Waals surface area contributed by atoms with Crippen molar-refractivity contribution >= 4 is 23.2 Å². The van der Waals surface area contributed by atoms with Crippen molar-refractivity contribution < 1.29 is 13.9 Å². The standard InChI is InChI=1S/C14H10Cl2F2O/c15-9-5-4-8(6-10(9)16)7-13(19)14-11(17)2-1-3-12(14)18/h1-6,13,19H,7H2. The summed E-state index contributed by atoms with van der Waals surface area (Å²) in [7, 11) is 0. The highest BCUT2D eigenvalue weighted by molar-refractivity contribution is 6.42. The fourth-order valence-corrected chi connectivity index (χ4v) is 2.14. The minimum absolute atomic E-state index is 0.0503. The number of hydrogen-bond acceptors (Lipinski definition) is 1. The van der Waals surface area contributed by atoms with E-state index in [9.17, 15) is 13.9 Å². The van der Waals surface area contributed by atoms with E-state index in [1.165, 1.54) is 6.07 Å². The van der Waals surface area contributed by atoms with Crippen molar-refractivity contribution in [3.05, 3.63) is 69.2 Å². The molecule has 0 aliphatic rings. The van der Waals surface area contributed by atoms with Gasteiger partial charge in [-0.15, -0.1) is 0 Å². The zero-order chi connectivity index (χ0) is 14.0. The highest BCUT2D eigenvalue weighted by Crippen LogP contribution is 2.27. The number of aliphatic hydroxyl groups excluding tert-OH is 1. The lowest BCUT2D eigenvalue weighted by atomic mass is 10.0. The highest BCUT2D eigenvalue weighted by atomic mass is 35.5. The molecular formula is C14H10Cl2F2O. The van der Waals surface area contributed by atoms with E-state index >= 15 is 0 Å². The molecule has 0 aliphatic heterocycles. The third kappa shape index (κ3) is 3.24. The van der Waals surface area contributed by atoms with E-state index in [-0.39, 0.29) is 12.0 Å². The first-order valence-corrected chi connectivity index (χ1v) is 6.30. The van der Waals surface area contributed by atoms with E-state index in [2.05, 4.69) is 0 Å². The first kappa shape index (κ1) is 14.3. The molecule has 0 saturated carbocycles. The molecule has 2 aromatic carbocycles. The molecule has 0 bridgehead atoms. The maximum Gasteiger partial charge on any atom is 0.131 e. The van der Waals surface area contributed by atoms with Gasteiger partial charge in [-0.25, -0.2) is 8.78 Å². The van der Waals surface area contributed by atoms with Gasteiger partial charge in [-0.1, -0.05) is 35.3 Å². The molecule has 0 spiro atoms. The van der Waals surface area contributed by atoms with E-state index in [1.807, 2.05) is 0 Å². The Hall–Kier alpha value is -1.16. The van der Waals surface area contributed by atoms with Crippen LogP contribution in [0, 0.1) is 11.6 Å². The first-order chi connectivity index (χ1) is 8.99. The van der Waals surface area contributed by atoms with Gasteiger partial charge in [0.25, 0.3) is 0 Å². The van der Waals surface area contributed by atoms with Gasteiger partial charge in [0.1, 0.15) is 11.6 Å². The first-order valence-electron chi connectivity index (χ1n) is 5.55. The average Bonchev–Trinajstić information content (AvgIpc) is 2.33. The lowest BCUT2D eigenvalue weighted by molar-refractivity contribution is 0.168. The Labute approximate surface area is 119 Å². The van der Waals surface area contributed by atoms with Crippen LogP contribution in [0.25, 0.3) is 0 Å². The van der Waals surface area contributed by atoms with Crippen LogP contribution < -0.4 is 0 Å². The van der Waals surface area contributed by atoms with Gasteiger partial charge in [-0.3, -0.25) is 0 Å². The number of rotatable bonds is 3. The van der Waals surface area contributed by atoms with Crippen molar-refractivity contribution in [3.63, 3.8) is 0 Å². The molecule has 0 aliphatic carbocycles. The molecule has 19 heavy (non-hydrogen) atoms. The van der Waals surface area contributed by atoms with E-state index in [0.717, 1.165) is 12.1 Å². The summed E-state index contributed by atoms with van der Waals surface area (Å²) in [5.74, 6) is -1.54. The number of halogens is 4. The van der Waals surface area contributed by atoms with Crippen molar-refractivity contribution in [1.82, 2.24) is 0 Å². The molecule has 0 saturated heterocycles. The summed E-state index contributed by atoms with van der Waals surface area (Å²) >= 11 is 11.6. The maximum atomic E-state index is 13.5. The zero-order valence-electron chi connectivity index (χ0n) is 9.71. The summed E-state index contributed by atoms with van der Waals surface area (Å²) in [5, 5.41) is 10.7. The number of aliphatic hydroxyl groups is 1. The minimum atomic E-state index is -1.28. The van der Waals surface area contributed by atoms with Gasteiger partial charge in [0.15, 0.2) is 0 Å². The topological polar surface area (TPSA) is 20.2 Å². The van der Waals surface area contributed by atoms with Gasteiger partial charge in [0.2, 0.25) is 0 Å². The number of benzene rings is 2. The van der Waals surface area contributed by atoms with E-state index in [1.54, 1.807) is 18.2 Å². The average molecular weight is 303 g/mol. The summed E-state index contributed by atoms with van der Waals surface area (Å²) < 4.78 is 27.0. The Kier molecular flexibility index (Phi) is 4.40. The second-order valence-electron chi connectivity index (χ2n) is 4.10. The fourth-order valence-electron chi connectivity index (χ4n) is 1.82. The second kappa shape index (κ2) is 5.87. The molecule has 0 amide bonds. The second-order valence-corrected chi connectivity index (χ2v) is 4.92. The van der Waals surface area contributed by atoms with Crippen molar-refractivity contribution in [2.24, 2.45) is 0 Å². The van der Waals surface area contributed by atoms with Crippen LogP contribution in [0.1, 0.15) is 17.2 Å². The summed E-state index contributed by atoms with van der Waals surface area (Å²) in [6.45, 7) is 0. The van der Waals surface area contributed by atoms with Gasteiger partial charge in [-0.05, 0) is 29.8 Å². The van der Waals surface area contributed by atoms with Crippen LogP contribution in [0.15, 0.2) is 36.4 Å². The zero-order valence-corrected chi connectivity index (χ0v) is 11.2. The van der Waals surface area contributed by atoms with Crippen LogP contribution >= 0.6 is 23.2 Å². The van der Waals surface area contributed by atoms with Crippen molar-refractivity contribution in [3.8, 4) is 0 Å². The minimum Gasteiger partial charge on any atom is -0.388 e. The molecule has 1 unspecified atom stereocenters. The molecule has 1 atom stereocenters. The van der Waals surface area contributed by atoms with Crippen LogP contribution in [-0.4, -0.2) is 5.11 Å². The largest absolute Gasteiger partial charge is 0.388 e. The summed E-state index contributed by atoms with van der Waals surface area (Å²) in [4.78, 5) is 0. The normalized spacial score (nSPS) is 12.5. The quantitative estimate of drug-likeness (QED) is 0.882. The molecule has 0 radical (unpaired) electrons. The van der Waals surface area contributed by atoms with Crippen LogP contribution in [-0.2, 0) is 6.42 Å². The fraction of sp³-hybridized carbons (Fsp3) is 0.143. The highest BCUT2D eigenvalue weighted by Gasteiger charge is 2.18. The third-order valence-electron chi connectivity index (χ3n) is 2.75. The molecule has 0 aromatic heterocycles. The van der Waals surface area contributed by atoms with Gasteiger partial charge in [0.05, 0.1) is 21.7 Å². The Morgan fingerprint density at radius 1 is 1.00 bits per heavy atom. The van der Waals surface area contributed by atoms with Crippen molar-refractivity contribution in [1.29, 1.82) is 0 Å². The molecule has 100 valence electrons. The van der Waals surface area contributed by atoms with Gasteiger partial charge >= 0.3 is 0 Å². The molecular weight excluding hydrogens is 293 g/mol. The third-order valence-corrected chi connectivity index (χ3v) is 3.49. The van der Waals surface area contributed by atoms with Crippen LogP contribution in [0.4, 0.5) is 8.78 Å². The van der Waals surface area contributed by atoms with Crippen LogP contribution in [0.5, 0.6) is 0 Å². The van der Waals surface area contributed by atoms with Crippen LogP contribution in [0.3, 0.4) is 0 Å². The Morgan fingerprint density at radius 2 is 1.63 bits per heavy atom. The molecule has 0 fully saturated rings. The molecule has 5 heteroatoms. The van der Waals surface area contributed by atoms with E-state index < -0.39 is 17.7 Å². The molecule has 2 aromatic rings. The summed E-state index contributed by atoms with van der Waals surface area (Å²) in [5.41, 5.74) is 0.304. The van der Waals surface area contributed by atoms with E-state index in [0.29, 0.717) is 15.6 Å². The van der Waals surface area contributed by atoms with Gasteiger partial charge in [-0.2, -0.15) is 0 Å². The summed E-state index contributed by atoms with van der Waals surface area (Å²) in [6.07, 6.45) is -1.23. The molecule has 1 N–H and O–H groups in total. The lowest BCUT2D eigenvalue weighted by Crippen LogP contribution is -2.07. The van der Waals surface area contributed by atoms with E-state index in [4.69, 9.17) is 23.2 Å². The van der Waals surface area contributed by atoms with Crippen LogP contribution in [0.2, 0.25) is 10.0 Å². The number of hydrogen-bond donors (Lipinski definition) is 1. The monoisotopic (exact) mass is 302 g/mol. The lowest BCUT2D eigenvalue weighted by Gasteiger charge is -2.13. The van der Waals surface area contributed by atoms with Crippen molar-refractivity contribution in [2.75, 3.05) is 0 Å². The molecule has 2 rings (SSSR count). The Balaban J connectivity index is 2.25. The smallest absolute Gasteiger partial charge is 0.131 e. The Bertz CT molecular complexity index is 582. The van der Waals surface area contributed by atoms with Gasteiger partial charge in [0, 0.05) is 6.42 Å². The predicted octanol–water partition coefficient (Wildman–Crippen LogP) is 4.55.